The van der Waals surface area contributed by atoms with Gasteiger partial charge in [-0.1, -0.05) is 12.1 Å². The van der Waals surface area contributed by atoms with E-state index in [1.54, 1.807) is 39.0 Å². The van der Waals surface area contributed by atoms with Gasteiger partial charge in [0.1, 0.15) is 4.90 Å². The number of H-pyrrole nitrogens is 1. The van der Waals surface area contributed by atoms with Gasteiger partial charge in [-0.05, 0) is 32.9 Å². The molecule has 0 aliphatic rings. The summed E-state index contributed by atoms with van der Waals surface area (Å²) < 4.78 is 31.3. The molecule has 0 aliphatic carbocycles. The smallest absolute Gasteiger partial charge is 0.340 e. The van der Waals surface area contributed by atoms with E-state index in [1.165, 1.54) is 13.1 Å². The van der Waals surface area contributed by atoms with Gasteiger partial charge in [0.15, 0.2) is 0 Å². The third-order valence-corrected chi connectivity index (χ3v) is 5.86. The number of para-hydroxylation sites is 1. The molecule has 2 aromatic rings. The van der Waals surface area contributed by atoms with Crippen molar-refractivity contribution >= 4 is 27.6 Å². The highest BCUT2D eigenvalue weighted by atomic mass is 32.2. The van der Waals surface area contributed by atoms with Gasteiger partial charge in [0, 0.05) is 7.05 Å². The summed E-state index contributed by atoms with van der Waals surface area (Å²) in [5, 5.41) is 9.05. The Morgan fingerprint density at radius 1 is 1.26 bits per heavy atom. The number of likely N-dealkylation sites (N-methyl/N-ethyl adjacent to an activating group) is 1. The van der Waals surface area contributed by atoms with Crippen LogP contribution in [-0.4, -0.2) is 55.0 Å². The summed E-state index contributed by atoms with van der Waals surface area (Å²) in [5.74, 6) is -1.16. The van der Waals surface area contributed by atoms with Crippen LogP contribution >= 0.6 is 0 Å². The van der Waals surface area contributed by atoms with E-state index < -0.39 is 28.4 Å². The number of aromatic nitrogens is 2. The molecule has 1 amide bonds. The zero-order valence-electron chi connectivity index (χ0n) is 15.6. The Bertz CT molecular complexity index is 932. The molecule has 0 spiro atoms. The molecule has 1 heterocycles. The van der Waals surface area contributed by atoms with Gasteiger partial charge < -0.3 is 10.1 Å². The maximum atomic E-state index is 12.7. The second-order valence-corrected chi connectivity index (χ2v) is 7.82. The molecule has 0 unspecified atom stereocenters. The van der Waals surface area contributed by atoms with Gasteiger partial charge in [-0.2, -0.15) is 9.40 Å². The first-order chi connectivity index (χ1) is 12.7. The van der Waals surface area contributed by atoms with Crippen molar-refractivity contribution in [1.82, 2.24) is 14.5 Å². The summed E-state index contributed by atoms with van der Waals surface area (Å²) in [6, 6.07) is 6.36. The van der Waals surface area contributed by atoms with Crippen LogP contribution in [0.4, 0.5) is 5.69 Å². The molecule has 0 atom stereocenters. The lowest BCUT2D eigenvalue weighted by Gasteiger charge is -2.17. The molecular formula is C17H22N4O5S. The van der Waals surface area contributed by atoms with Crippen molar-refractivity contribution in [3.8, 4) is 0 Å². The van der Waals surface area contributed by atoms with Crippen LogP contribution in [0, 0.1) is 13.8 Å². The monoisotopic (exact) mass is 394 g/mol. The van der Waals surface area contributed by atoms with Crippen LogP contribution in [0.5, 0.6) is 0 Å². The molecule has 0 saturated heterocycles. The molecule has 0 radical (unpaired) electrons. The van der Waals surface area contributed by atoms with Crippen LogP contribution in [0.25, 0.3) is 0 Å². The number of aromatic amines is 1. The van der Waals surface area contributed by atoms with Crippen LogP contribution in [0.1, 0.15) is 28.7 Å². The van der Waals surface area contributed by atoms with Gasteiger partial charge in [0.05, 0.1) is 35.8 Å². The first kappa shape index (κ1) is 20.6. The summed E-state index contributed by atoms with van der Waals surface area (Å²) in [4.78, 5) is 24.4. The molecule has 0 saturated carbocycles. The highest BCUT2D eigenvalue weighted by molar-refractivity contribution is 7.89. The molecule has 0 aliphatic heterocycles. The predicted molar refractivity (Wildman–Crippen MR) is 98.9 cm³/mol. The maximum Gasteiger partial charge on any atom is 0.340 e. The van der Waals surface area contributed by atoms with Gasteiger partial charge >= 0.3 is 5.97 Å². The number of nitrogens with zero attached hydrogens (tertiary/aromatic N) is 2. The zero-order chi connectivity index (χ0) is 20.2. The Morgan fingerprint density at radius 3 is 2.52 bits per heavy atom. The lowest BCUT2D eigenvalue weighted by molar-refractivity contribution is -0.116. The van der Waals surface area contributed by atoms with E-state index in [1.807, 2.05) is 0 Å². The number of nitrogens with one attached hydrogen (secondary N) is 2. The van der Waals surface area contributed by atoms with E-state index >= 15 is 0 Å². The van der Waals surface area contributed by atoms with E-state index in [2.05, 4.69) is 15.5 Å². The highest BCUT2D eigenvalue weighted by Crippen LogP contribution is 2.21. The Morgan fingerprint density at radius 2 is 1.93 bits per heavy atom. The normalized spacial score (nSPS) is 11.4. The topological polar surface area (TPSA) is 121 Å². The third kappa shape index (κ3) is 4.52. The summed E-state index contributed by atoms with van der Waals surface area (Å²) >= 11 is 0. The molecule has 1 aromatic carbocycles. The number of hydrogen-bond donors (Lipinski definition) is 2. The molecule has 146 valence electrons. The number of benzene rings is 1. The quantitative estimate of drug-likeness (QED) is 0.686. The summed E-state index contributed by atoms with van der Waals surface area (Å²) in [6.45, 7) is 4.62. The SMILES string of the molecule is CCOC(=O)c1ccccc1NC(=O)CN(C)S(=O)(=O)c1c(C)n[nH]c1C. The number of rotatable bonds is 7. The molecule has 1 aromatic heterocycles. The van der Waals surface area contributed by atoms with Crippen molar-refractivity contribution in [2.45, 2.75) is 25.7 Å². The number of hydrogen-bond acceptors (Lipinski definition) is 6. The van der Waals surface area contributed by atoms with E-state index in [0.717, 1.165) is 4.31 Å². The zero-order valence-corrected chi connectivity index (χ0v) is 16.4. The van der Waals surface area contributed by atoms with Crippen molar-refractivity contribution in [3.05, 3.63) is 41.2 Å². The average molecular weight is 394 g/mol. The predicted octanol–water partition coefficient (Wildman–Crippen LogP) is 1.46. The number of anilines is 1. The number of amides is 1. The molecule has 2 N–H and O–H groups in total. The lowest BCUT2D eigenvalue weighted by atomic mass is 10.2. The van der Waals surface area contributed by atoms with E-state index in [9.17, 15) is 18.0 Å². The fourth-order valence-electron chi connectivity index (χ4n) is 2.53. The van der Waals surface area contributed by atoms with Crippen molar-refractivity contribution in [2.75, 3.05) is 25.5 Å². The van der Waals surface area contributed by atoms with Crippen LogP contribution in [-0.2, 0) is 19.6 Å². The minimum Gasteiger partial charge on any atom is -0.462 e. The largest absolute Gasteiger partial charge is 0.462 e. The summed E-state index contributed by atoms with van der Waals surface area (Å²) in [7, 11) is -2.59. The van der Waals surface area contributed by atoms with Crippen molar-refractivity contribution < 1.29 is 22.7 Å². The van der Waals surface area contributed by atoms with Gasteiger partial charge in [0.2, 0.25) is 15.9 Å². The number of carbonyl (C=O) groups is 2. The van der Waals surface area contributed by atoms with Gasteiger partial charge in [0.25, 0.3) is 0 Å². The minimum atomic E-state index is -3.89. The molecule has 2 rings (SSSR count). The molecule has 0 fully saturated rings. The van der Waals surface area contributed by atoms with Gasteiger partial charge in [-0.15, -0.1) is 0 Å². The van der Waals surface area contributed by atoms with Crippen molar-refractivity contribution in [3.63, 3.8) is 0 Å². The fraction of sp³-hybridized carbons (Fsp3) is 0.353. The molecular weight excluding hydrogens is 372 g/mol. The Hall–Kier alpha value is -2.72. The first-order valence-electron chi connectivity index (χ1n) is 8.22. The van der Waals surface area contributed by atoms with E-state index in [0.29, 0.717) is 11.4 Å². The van der Waals surface area contributed by atoms with Crippen LogP contribution in [0.15, 0.2) is 29.2 Å². The molecule has 0 bridgehead atoms. The molecule has 27 heavy (non-hydrogen) atoms. The van der Waals surface area contributed by atoms with Crippen molar-refractivity contribution in [1.29, 1.82) is 0 Å². The average Bonchev–Trinajstić information content (AvgIpc) is 2.94. The van der Waals surface area contributed by atoms with Crippen LogP contribution in [0.3, 0.4) is 0 Å². The minimum absolute atomic E-state index is 0.0460. The molecule has 9 nitrogen and oxygen atoms in total. The standard InChI is InChI=1S/C17H22N4O5S/c1-5-26-17(23)13-8-6-7-9-14(13)18-15(22)10-21(4)27(24,25)16-11(2)19-20-12(16)3/h6-9H,5,10H2,1-4H3,(H,18,22)(H,19,20). The number of sulfonamides is 1. The Labute approximate surface area is 157 Å². The maximum absolute atomic E-state index is 12.7. The number of aryl methyl sites for hydroxylation is 2. The second-order valence-electron chi connectivity index (χ2n) is 5.84. The van der Waals surface area contributed by atoms with E-state index in [4.69, 9.17) is 4.74 Å². The molecule has 10 heteroatoms. The van der Waals surface area contributed by atoms with Crippen LogP contribution < -0.4 is 5.32 Å². The third-order valence-electron chi connectivity index (χ3n) is 3.79. The number of esters is 1. The lowest BCUT2D eigenvalue weighted by Crippen LogP contribution is -2.35. The van der Waals surface area contributed by atoms with Crippen molar-refractivity contribution in [2.24, 2.45) is 0 Å². The van der Waals surface area contributed by atoms with Gasteiger partial charge in [-0.3, -0.25) is 9.89 Å². The Kier molecular flexibility index (Phi) is 6.34. The Balaban J connectivity index is 2.16. The highest BCUT2D eigenvalue weighted by Gasteiger charge is 2.28. The van der Waals surface area contributed by atoms with Gasteiger partial charge in [-0.25, -0.2) is 13.2 Å². The second kappa shape index (κ2) is 8.31. The fourth-order valence-corrected chi connectivity index (χ4v) is 3.98. The first-order valence-corrected chi connectivity index (χ1v) is 9.66. The number of ether oxygens (including phenoxy) is 1. The van der Waals surface area contributed by atoms with Crippen LogP contribution in [0.2, 0.25) is 0 Å². The number of carbonyl (C=O) groups excluding carboxylic acids is 2. The summed E-state index contributed by atoms with van der Waals surface area (Å²) in [5.41, 5.74) is 1.17. The summed E-state index contributed by atoms with van der Waals surface area (Å²) in [6.07, 6.45) is 0. The van der Waals surface area contributed by atoms with E-state index in [-0.39, 0.29) is 22.8 Å².